The van der Waals surface area contributed by atoms with Crippen LogP contribution >= 0.6 is 0 Å². The number of rotatable bonds is 2. The van der Waals surface area contributed by atoms with Gasteiger partial charge in [0.15, 0.2) is 0 Å². The first kappa shape index (κ1) is 7.81. The van der Waals surface area contributed by atoms with E-state index < -0.39 is 0 Å². The van der Waals surface area contributed by atoms with Crippen LogP contribution in [0.1, 0.15) is 12.8 Å². The fourth-order valence-corrected chi connectivity index (χ4v) is 1.62. The predicted octanol–water partition coefficient (Wildman–Crippen LogP) is 3.63. The number of hydrogen-bond acceptors (Lipinski definition) is 0. The summed E-state index contributed by atoms with van der Waals surface area (Å²) in [5.74, 6) is 0. The van der Waals surface area contributed by atoms with Crippen LogP contribution < -0.4 is 0 Å². The van der Waals surface area contributed by atoms with Gasteiger partial charge in [-0.1, -0.05) is 48.6 Å². The Hall–Kier alpha value is -1.56. The summed E-state index contributed by atoms with van der Waals surface area (Å²) in [6.45, 7) is 0. The molecule has 0 heterocycles. The molecule has 0 aromatic rings. The van der Waals surface area contributed by atoms with Crippen molar-refractivity contribution in [2.24, 2.45) is 0 Å². The van der Waals surface area contributed by atoms with E-state index in [9.17, 15) is 0 Å². The molecule has 0 radical (unpaired) electrons. The van der Waals surface area contributed by atoms with Crippen molar-refractivity contribution < 1.29 is 0 Å². The van der Waals surface area contributed by atoms with Gasteiger partial charge in [-0.25, -0.2) is 0 Å². The first-order valence-corrected chi connectivity index (χ1v) is 5.09. The van der Waals surface area contributed by atoms with E-state index in [2.05, 4.69) is 48.6 Å². The zero-order chi connectivity index (χ0) is 9.38. The molecule has 0 nitrogen and oxygen atoms in total. The fraction of sp³-hybridized carbons (Fsp3) is 0.143. The van der Waals surface area contributed by atoms with Gasteiger partial charge in [-0.05, 0) is 35.1 Å². The van der Waals surface area contributed by atoms with Crippen molar-refractivity contribution in [1.29, 1.82) is 0 Å². The molecule has 14 heavy (non-hydrogen) atoms. The molecule has 0 amide bonds. The molecule has 3 aliphatic rings. The zero-order valence-electron chi connectivity index (χ0n) is 8.03. The lowest BCUT2D eigenvalue weighted by Gasteiger charge is -1.98. The van der Waals surface area contributed by atoms with Crippen LogP contribution in [0.3, 0.4) is 0 Å². The van der Waals surface area contributed by atoms with Gasteiger partial charge in [0.05, 0.1) is 0 Å². The molecule has 68 valence electrons. The van der Waals surface area contributed by atoms with Crippen LogP contribution in [0.5, 0.6) is 0 Å². The minimum Gasteiger partial charge on any atom is -0.0760 e. The summed E-state index contributed by atoms with van der Waals surface area (Å²) in [5.41, 5.74) is 5.68. The molecule has 0 aromatic carbocycles. The lowest BCUT2D eigenvalue weighted by molar-refractivity contribution is 1.46. The van der Waals surface area contributed by atoms with Crippen molar-refractivity contribution in [3.63, 3.8) is 0 Å². The van der Waals surface area contributed by atoms with E-state index in [1.807, 2.05) is 0 Å². The minimum absolute atomic E-state index is 1.17. The molecule has 0 spiro atoms. The van der Waals surface area contributed by atoms with Crippen molar-refractivity contribution in [2.45, 2.75) is 12.8 Å². The van der Waals surface area contributed by atoms with Gasteiger partial charge in [-0.15, -0.1) is 0 Å². The van der Waals surface area contributed by atoms with Crippen LogP contribution in [-0.2, 0) is 0 Å². The Morgan fingerprint density at radius 3 is 1.50 bits per heavy atom. The third-order valence-corrected chi connectivity index (χ3v) is 2.66. The number of hydrogen-bond donors (Lipinski definition) is 0. The van der Waals surface area contributed by atoms with E-state index in [0.29, 0.717) is 0 Å². The SMILES string of the molecule is C1=C(C2=C/C=C\C(C3=CC3)=C/C=C\2)C1. The second kappa shape index (κ2) is 2.98. The van der Waals surface area contributed by atoms with Gasteiger partial charge in [0.25, 0.3) is 0 Å². The highest BCUT2D eigenvalue weighted by atomic mass is 14.2. The van der Waals surface area contributed by atoms with Crippen molar-refractivity contribution >= 4 is 0 Å². The van der Waals surface area contributed by atoms with Gasteiger partial charge in [0.2, 0.25) is 0 Å². The third kappa shape index (κ3) is 1.56. The maximum absolute atomic E-state index is 2.26. The van der Waals surface area contributed by atoms with Crippen LogP contribution in [0.15, 0.2) is 70.9 Å². The molecule has 0 aliphatic heterocycles. The van der Waals surface area contributed by atoms with Crippen LogP contribution in [-0.4, -0.2) is 0 Å². The van der Waals surface area contributed by atoms with Crippen LogP contribution in [0, 0.1) is 0 Å². The molecule has 0 saturated heterocycles. The molecule has 0 N–H and O–H groups in total. The Morgan fingerprint density at radius 1 is 0.714 bits per heavy atom. The average Bonchev–Trinajstić information content (AvgIpc) is 3.00. The summed E-state index contributed by atoms with van der Waals surface area (Å²) in [5, 5.41) is 0. The predicted molar refractivity (Wildman–Crippen MR) is 59.8 cm³/mol. The summed E-state index contributed by atoms with van der Waals surface area (Å²) >= 11 is 0. The van der Waals surface area contributed by atoms with Gasteiger partial charge < -0.3 is 0 Å². The summed E-state index contributed by atoms with van der Waals surface area (Å²) in [4.78, 5) is 0. The summed E-state index contributed by atoms with van der Waals surface area (Å²) in [7, 11) is 0. The topological polar surface area (TPSA) is 0 Å². The Bertz CT molecular complexity index is 404. The minimum atomic E-state index is 1.17. The summed E-state index contributed by atoms with van der Waals surface area (Å²) < 4.78 is 0. The Morgan fingerprint density at radius 2 is 1.14 bits per heavy atom. The van der Waals surface area contributed by atoms with Gasteiger partial charge in [-0.2, -0.15) is 0 Å². The van der Waals surface area contributed by atoms with Gasteiger partial charge >= 0.3 is 0 Å². The monoisotopic (exact) mass is 180 g/mol. The lowest BCUT2D eigenvalue weighted by atomic mass is 10.1. The molecule has 3 rings (SSSR count). The zero-order valence-corrected chi connectivity index (χ0v) is 8.03. The Labute approximate surface area is 84.3 Å². The molecule has 0 fully saturated rings. The van der Waals surface area contributed by atoms with Crippen molar-refractivity contribution in [2.75, 3.05) is 0 Å². The highest BCUT2D eigenvalue weighted by Gasteiger charge is 2.12. The molecule has 0 unspecified atom stereocenters. The van der Waals surface area contributed by atoms with Crippen molar-refractivity contribution in [3.05, 3.63) is 70.9 Å². The van der Waals surface area contributed by atoms with E-state index in [0.717, 1.165) is 0 Å². The smallest absolute Gasteiger partial charge is 0.00884 e. The molecule has 3 aliphatic carbocycles. The molecular weight excluding hydrogens is 168 g/mol. The third-order valence-electron chi connectivity index (χ3n) is 2.66. The van der Waals surface area contributed by atoms with Gasteiger partial charge in [0.1, 0.15) is 0 Å². The normalized spacial score (nSPS) is 34.9. The van der Waals surface area contributed by atoms with E-state index in [1.165, 1.54) is 35.1 Å². The summed E-state index contributed by atoms with van der Waals surface area (Å²) in [6, 6.07) is 0. The molecule has 0 heteroatoms. The average molecular weight is 180 g/mol. The second-order valence-corrected chi connectivity index (χ2v) is 3.83. The van der Waals surface area contributed by atoms with Crippen molar-refractivity contribution in [1.82, 2.24) is 0 Å². The largest absolute Gasteiger partial charge is 0.0760 e. The highest BCUT2D eigenvalue weighted by Crippen LogP contribution is 2.31. The molecular formula is C14H12. The lowest BCUT2D eigenvalue weighted by Crippen LogP contribution is -1.79. The van der Waals surface area contributed by atoms with Gasteiger partial charge in [0, 0.05) is 0 Å². The van der Waals surface area contributed by atoms with E-state index in [-0.39, 0.29) is 0 Å². The maximum Gasteiger partial charge on any atom is -0.00884 e. The van der Waals surface area contributed by atoms with Crippen LogP contribution in [0.4, 0.5) is 0 Å². The van der Waals surface area contributed by atoms with Crippen molar-refractivity contribution in [3.8, 4) is 0 Å². The molecule has 0 bridgehead atoms. The van der Waals surface area contributed by atoms with Crippen LogP contribution in [0.2, 0.25) is 0 Å². The van der Waals surface area contributed by atoms with Gasteiger partial charge in [-0.3, -0.25) is 0 Å². The van der Waals surface area contributed by atoms with E-state index in [4.69, 9.17) is 0 Å². The van der Waals surface area contributed by atoms with Crippen LogP contribution in [0.25, 0.3) is 0 Å². The molecule has 0 aromatic heterocycles. The first-order valence-electron chi connectivity index (χ1n) is 5.09. The standard InChI is InChI=1S/C14H12/c1-3-11(13-7-8-13)5-2-6-12(4-1)14-9-10-14/h1-7,9H,8,10H2/b3-1-,4-1?,5-2?,6-2-,11-3?,11-5+,12-4+,12-6?. The molecule has 0 saturated carbocycles. The van der Waals surface area contributed by atoms with E-state index in [1.54, 1.807) is 0 Å². The van der Waals surface area contributed by atoms with E-state index >= 15 is 0 Å². The number of allylic oxidation sites excluding steroid dienone is 12. The molecule has 0 atom stereocenters. The maximum atomic E-state index is 2.26. The quantitative estimate of drug-likeness (QED) is 0.608. The summed E-state index contributed by atoms with van der Waals surface area (Å²) in [6.07, 6.45) is 20.0. The Kier molecular flexibility index (Phi) is 1.66. The second-order valence-electron chi connectivity index (χ2n) is 3.83. The highest BCUT2D eigenvalue weighted by molar-refractivity contribution is 5.56. The Balaban J connectivity index is 1.86. The first-order chi connectivity index (χ1) is 6.93. The fourth-order valence-electron chi connectivity index (χ4n) is 1.62.